The lowest BCUT2D eigenvalue weighted by molar-refractivity contribution is -0.193. The number of piperazine rings is 1. The second-order valence-electron chi connectivity index (χ2n) is 12.0. The van der Waals surface area contributed by atoms with Crippen molar-refractivity contribution in [2.45, 2.75) is 63.7 Å². The average Bonchev–Trinajstić information content (AvgIpc) is 3.63. The van der Waals surface area contributed by atoms with Crippen LogP contribution in [0.1, 0.15) is 57.2 Å². The predicted molar refractivity (Wildman–Crippen MR) is 185 cm³/mol. The van der Waals surface area contributed by atoms with Gasteiger partial charge in [0.15, 0.2) is 0 Å². The zero-order valence-corrected chi connectivity index (χ0v) is 28.8. The molecule has 5 rings (SSSR count). The Morgan fingerprint density at radius 2 is 1.34 bits per heavy atom. The fourth-order valence-corrected chi connectivity index (χ4v) is 5.46. The lowest BCUT2D eigenvalue weighted by Crippen LogP contribution is -2.50. The standard InChI is InChI=1S/C33H38N4O2.2C2HF3O2/c1-2-29(38)15-7-4-8-16-30(33(39)37-21-19-36(20-22-37)28-13-5-3-6-14-28)32-34-24-31(35-32)27-18-17-25-11-9-10-12-26(25)23-27;2*3-2(4,5)1(6)7/h3,5-6,9-14,17-18,23-24,30H,2,4,7-8,15-16,19-22H2,1H3,(H,34,35);2*(H,6,7). The van der Waals surface area contributed by atoms with E-state index in [0.29, 0.717) is 31.7 Å². The summed E-state index contributed by atoms with van der Waals surface area (Å²) >= 11 is 0. The van der Waals surface area contributed by atoms with E-state index in [0.717, 1.165) is 55.9 Å². The third kappa shape index (κ3) is 13.3. The van der Waals surface area contributed by atoms with Gasteiger partial charge in [-0.1, -0.05) is 74.4 Å². The molecule has 1 unspecified atom stereocenters. The van der Waals surface area contributed by atoms with E-state index in [9.17, 15) is 35.9 Å². The van der Waals surface area contributed by atoms with Gasteiger partial charge in [-0.2, -0.15) is 26.3 Å². The highest BCUT2D eigenvalue weighted by atomic mass is 19.4. The van der Waals surface area contributed by atoms with Gasteiger partial charge in [0.05, 0.1) is 17.8 Å². The van der Waals surface area contributed by atoms with Gasteiger partial charge in [-0.25, -0.2) is 14.6 Å². The van der Waals surface area contributed by atoms with Crippen LogP contribution in [-0.2, 0) is 19.2 Å². The third-order valence-corrected chi connectivity index (χ3v) is 8.32. The number of aliphatic carboxylic acids is 2. The second-order valence-corrected chi connectivity index (χ2v) is 12.0. The number of ketones is 1. The van der Waals surface area contributed by atoms with Crippen LogP contribution in [-0.4, -0.2) is 87.2 Å². The average molecular weight is 751 g/mol. The van der Waals surface area contributed by atoms with Crippen LogP contribution < -0.4 is 4.90 Å². The molecule has 10 nitrogen and oxygen atoms in total. The summed E-state index contributed by atoms with van der Waals surface area (Å²) in [7, 11) is 0. The summed E-state index contributed by atoms with van der Waals surface area (Å²) in [6.45, 7) is 4.96. The summed E-state index contributed by atoms with van der Waals surface area (Å²) in [6, 6.07) is 25.1. The summed E-state index contributed by atoms with van der Waals surface area (Å²) in [4.78, 5) is 55.9. The maximum atomic E-state index is 13.9. The Morgan fingerprint density at radius 3 is 1.91 bits per heavy atom. The normalized spacial score (nSPS) is 13.6. The van der Waals surface area contributed by atoms with Gasteiger partial charge < -0.3 is 25.0 Å². The number of amides is 1. The topological polar surface area (TPSA) is 144 Å². The molecule has 0 radical (unpaired) electrons. The Bertz CT molecular complexity index is 1780. The number of carboxylic acids is 2. The summed E-state index contributed by atoms with van der Waals surface area (Å²) in [5, 5.41) is 16.6. The highest BCUT2D eigenvalue weighted by Gasteiger charge is 2.39. The summed E-state index contributed by atoms with van der Waals surface area (Å²) < 4.78 is 63.5. The van der Waals surface area contributed by atoms with Gasteiger partial charge in [0.1, 0.15) is 11.6 Å². The molecule has 0 bridgehead atoms. The van der Waals surface area contributed by atoms with Crippen LogP contribution in [0.4, 0.5) is 32.0 Å². The van der Waals surface area contributed by atoms with Gasteiger partial charge in [0.2, 0.25) is 5.91 Å². The van der Waals surface area contributed by atoms with Crippen LogP contribution >= 0.6 is 0 Å². The number of carbonyl (C=O) groups excluding carboxylic acids is 2. The SMILES string of the molecule is CCC(=O)CCCCCC(C(=O)N1CCN(c2ccccc2)CC1)c1ncc(-c2ccc3ccccc3c2)[nH]1.O=C(O)C(F)(F)F.O=C(O)C(F)(F)F. The number of Topliss-reactive ketones (excluding diaryl/α,β-unsaturated/α-hetero) is 1. The predicted octanol–water partition coefficient (Wildman–Crippen LogP) is 7.86. The number of alkyl halides is 6. The van der Waals surface area contributed by atoms with E-state index in [-0.39, 0.29) is 11.8 Å². The molecule has 1 fully saturated rings. The number of hydrogen-bond donors (Lipinski definition) is 3. The molecule has 1 aliphatic heterocycles. The molecule has 1 atom stereocenters. The van der Waals surface area contributed by atoms with Crippen molar-refractivity contribution < 1.29 is 55.7 Å². The van der Waals surface area contributed by atoms with Crippen LogP contribution in [0.3, 0.4) is 0 Å². The van der Waals surface area contributed by atoms with E-state index in [2.05, 4.69) is 64.5 Å². The third-order valence-electron chi connectivity index (χ3n) is 8.32. The van der Waals surface area contributed by atoms with Crippen molar-refractivity contribution in [2.75, 3.05) is 31.1 Å². The van der Waals surface area contributed by atoms with Gasteiger partial charge in [-0.15, -0.1) is 0 Å². The molecule has 1 aliphatic rings. The fraction of sp³-hybridized carbons (Fsp3) is 0.378. The zero-order chi connectivity index (χ0) is 39.2. The molecule has 3 aromatic carbocycles. The van der Waals surface area contributed by atoms with Crippen LogP contribution in [0.2, 0.25) is 0 Å². The van der Waals surface area contributed by atoms with E-state index in [4.69, 9.17) is 24.8 Å². The number of H-pyrrole nitrogens is 1. The Labute approximate surface area is 301 Å². The minimum absolute atomic E-state index is 0.145. The number of nitrogens with one attached hydrogen (secondary N) is 1. The zero-order valence-electron chi connectivity index (χ0n) is 28.8. The number of imidazole rings is 1. The number of carbonyl (C=O) groups is 4. The van der Waals surface area contributed by atoms with Crippen LogP contribution in [0, 0.1) is 0 Å². The molecule has 1 aromatic heterocycles. The lowest BCUT2D eigenvalue weighted by Gasteiger charge is -2.37. The number of aromatic amines is 1. The number of para-hydroxylation sites is 1. The molecule has 4 aromatic rings. The molecule has 0 aliphatic carbocycles. The maximum Gasteiger partial charge on any atom is 0.490 e. The van der Waals surface area contributed by atoms with Crippen molar-refractivity contribution >= 4 is 40.1 Å². The smallest absolute Gasteiger partial charge is 0.475 e. The Balaban J connectivity index is 0.000000458. The first-order chi connectivity index (χ1) is 25.0. The van der Waals surface area contributed by atoms with Crippen molar-refractivity contribution in [3.05, 3.63) is 84.8 Å². The lowest BCUT2D eigenvalue weighted by atomic mass is 9.97. The number of benzene rings is 3. The first-order valence-corrected chi connectivity index (χ1v) is 16.8. The van der Waals surface area contributed by atoms with Gasteiger partial charge >= 0.3 is 24.3 Å². The largest absolute Gasteiger partial charge is 0.490 e. The number of anilines is 1. The first kappa shape index (κ1) is 42.0. The van der Waals surface area contributed by atoms with Gasteiger partial charge in [-0.05, 0) is 41.8 Å². The summed E-state index contributed by atoms with van der Waals surface area (Å²) in [6.07, 6.45) is -3.65. The number of carboxylic acid groups (broad SMARTS) is 2. The molecule has 2 heterocycles. The van der Waals surface area contributed by atoms with Crippen molar-refractivity contribution in [2.24, 2.45) is 0 Å². The molecule has 1 amide bonds. The van der Waals surface area contributed by atoms with Crippen LogP contribution in [0.25, 0.3) is 22.0 Å². The van der Waals surface area contributed by atoms with Gasteiger partial charge in [0, 0.05) is 50.3 Å². The number of nitrogens with zero attached hydrogens (tertiary/aromatic N) is 3. The van der Waals surface area contributed by atoms with Crippen molar-refractivity contribution in [3.63, 3.8) is 0 Å². The number of unbranched alkanes of at least 4 members (excludes halogenated alkanes) is 2. The minimum atomic E-state index is -5.08. The van der Waals surface area contributed by atoms with Gasteiger partial charge in [0.25, 0.3) is 0 Å². The van der Waals surface area contributed by atoms with Crippen LogP contribution in [0.15, 0.2) is 79.0 Å². The molecular formula is C37H40F6N4O6. The monoisotopic (exact) mass is 750 g/mol. The van der Waals surface area contributed by atoms with Crippen LogP contribution in [0.5, 0.6) is 0 Å². The fourth-order valence-electron chi connectivity index (χ4n) is 5.46. The number of halogens is 6. The molecule has 0 spiro atoms. The highest BCUT2D eigenvalue weighted by molar-refractivity contribution is 5.87. The van der Waals surface area contributed by atoms with E-state index in [1.54, 1.807) is 0 Å². The Kier molecular flexibility index (Phi) is 15.4. The Hall–Kier alpha value is -5.41. The number of fused-ring (bicyclic) bond motifs is 1. The first-order valence-electron chi connectivity index (χ1n) is 16.8. The molecule has 0 saturated carbocycles. The summed E-state index contributed by atoms with van der Waals surface area (Å²) in [5.74, 6) is -4.64. The van der Waals surface area contributed by atoms with Gasteiger partial charge in [-0.3, -0.25) is 9.59 Å². The highest BCUT2D eigenvalue weighted by Crippen LogP contribution is 2.29. The Morgan fingerprint density at radius 1 is 0.774 bits per heavy atom. The molecule has 53 heavy (non-hydrogen) atoms. The second kappa shape index (κ2) is 19.4. The number of aromatic nitrogens is 2. The van der Waals surface area contributed by atoms with E-state index < -0.39 is 24.3 Å². The van der Waals surface area contributed by atoms with Crippen molar-refractivity contribution in [3.8, 4) is 11.3 Å². The molecule has 1 saturated heterocycles. The molecule has 3 N–H and O–H groups in total. The van der Waals surface area contributed by atoms with Crippen molar-refractivity contribution in [1.29, 1.82) is 0 Å². The van der Waals surface area contributed by atoms with E-state index in [1.807, 2.05) is 36.2 Å². The quantitative estimate of drug-likeness (QED) is 0.104. The van der Waals surface area contributed by atoms with E-state index in [1.165, 1.54) is 16.5 Å². The number of hydrogen-bond acceptors (Lipinski definition) is 6. The maximum absolute atomic E-state index is 13.9. The van der Waals surface area contributed by atoms with E-state index >= 15 is 0 Å². The molecule has 286 valence electrons. The molecular weight excluding hydrogens is 710 g/mol. The minimum Gasteiger partial charge on any atom is -0.475 e. The van der Waals surface area contributed by atoms with Crippen molar-refractivity contribution in [1.82, 2.24) is 14.9 Å². The molecule has 16 heteroatoms. The summed E-state index contributed by atoms with van der Waals surface area (Å²) in [5.41, 5.74) is 3.19. The number of rotatable bonds is 11.